The summed E-state index contributed by atoms with van der Waals surface area (Å²) in [5.74, 6) is -2.03. The molecular weight excluding hydrogens is 421 g/mol. The second-order valence-electron chi connectivity index (χ2n) is 6.93. The molecular formula is C20H16F5N5O. The Labute approximate surface area is 173 Å². The first-order valence-electron chi connectivity index (χ1n) is 9.32. The predicted octanol–water partition coefficient (Wildman–Crippen LogP) is 3.53. The normalized spacial score (nSPS) is 14.7. The molecule has 162 valence electrons. The molecule has 1 saturated heterocycles. The number of alkyl halides is 3. The molecule has 0 spiro atoms. The molecule has 0 saturated carbocycles. The van der Waals surface area contributed by atoms with E-state index in [1.54, 1.807) is 12.1 Å². The van der Waals surface area contributed by atoms with Crippen LogP contribution in [0.5, 0.6) is 0 Å². The van der Waals surface area contributed by atoms with Crippen molar-refractivity contribution in [2.75, 3.05) is 31.1 Å². The van der Waals surface area contributed by atoms with Gasteiger partial charge in [0.25, 0.3) is 5.91 Å². The highest BCUT2D eigenvalue weighted by Crippen LogP contribution is 2.33. The molecule has 0 atom stereocenters. The van der Waals surface area contributed by atoms with Crippen LogP contribution in [0.4, 0.5) is 27.6 Å². The fraction of sp³-hybridized carbons (Fsp3) is 0.250. The average molecular weight is 437 g/mol. The Kier molecular flexibility index (Phi) is 5.34. The van der Waals surface area contributed by atoms with Crippen LogP contribution in [0.2, 0.25) is 0 Å². The zero-order valence-electron chi connectivity index (χ0n) is 16.0. The number of hydrogen-bond acceptors (Lipinski definition) is 4. The zero-order chi connectivity index (χ0) is 22.2. The van der Waals surface area contributed by atoms with E-state index in [2.05, 4.69) is 10.3 Å². The molecule has 0 aliphatic carbocycles. The zero-order valence-corrected chi connectivity index (χ0v) is 16.0. The van der Waals surface area contributed by atoms with Gasteiger partial charge in [0.15, 0.2) is 11.4 Å². The molecule has 0 radical (unpaired) electrons. The second kappa shape index (κ2) is 7.97. The summed E-state index contributed by atoms with van der Waals surface area (Å²) in [7, 11) is 0. The maximum Gasteiger partial charge on any atom is 0.435 e. The largest absolute Gasteiger partial charge is 0.435 e. The summed E-state index contributed by atoms with van der Waals surface area (Å²) in [6.07, 6.45) is -4.93. The third kappa shape index (κ3) is 4.21. The Balaban J connectivity index is 1.57. The fourth-order valence-corrected chi connectivity index (χ4v) is 3.44. The quantitative estimate of drug-likeness (QED) is 0.589. The smallest absolute Gasteiger partial charge is 0.368 e. The minimum absolute atomic E-state index is 0.153. The minimum Gasteiger partial charge on any atom is -0.368 e. The highest BCUT2D eigenvalue weighted by atomic mass is 19.4. The third-order valence-electron chi connectivity index (χ3n) is 4.95. The molecule has 0 unspecified atom stereocenters. The molecule has 4 rings (SSSR count). The van der Waals surface area contributed by atoms with E-state index in [4.69, 9.17) is 0 Å². The number of anilines is 1. The van der Waals surface area contributed by atoms with Crippen molar-refractivity contribution in [3.63, 3.8) is 0 Å². The van der Waals surface area contributed by atoms with Gasteiger partial charge in [0, 0.05) is 31.9 Å². The first-order chi connectivity index (χ1) is 14.7. The molecule has 2 heterocycles. The summed E-state index contributed by atoms with van der Waals surface area (Å²) >= 11 is 0. The molecule has 11 heteroatoms. The van der Waals surface area contributed by atoms with Crippen LogP contribution in [0, 0.1) is 11.6 Å². The molecule has 2 aromatic carbocycles. The van der Waals surface area contributed by atoms with E-state index < -0.39 is 29.3 Å². The van der Waals surface area contributed by atoms with Crippen LogP contribution in [-0.2, 0) is 6.18 Å². The average Bonchev–Trinajstić information content (AvgIpc) is 3.20. The molecule has 1 fully saturated rings. The van der Waals surface area contributed by atoms with Crippen molar-refractivity contribution in [3.8, 4) is 5.69 Å². The van der Waals surface area contributed by atoms with Crippen LogP contribution in [0.25, 0.3) is 5.69 Å². The fourth-order valence-electron chi connectivity index (χ4n) is 3.44. The summed E-state index contributed by atoms with van der Waals surface area (Å²) in [5, 5.41) is 6.94. The molecule has 0 bridgehead atoms. The summed E-state index contributed by atoms with van der Waals surface area (Å²) in [6.45, 7) is 1.02. The van der Waals surface area contributed by atoms with Crippen molar-refractivity contribution in [2.24, 2.45) is 0 Å². The molecule has 3 aromatic rings. The number of benzene rings is 2. The van der Waals surface area contributed by atoms with E-state index in [1.807, 2.05) is 4.90 Å². The minimum atomic E-state index is -4.93. The van der Waals surface area contributed by atoms with Crippen molar-refractivity contribution in [1.29, 1.82) is 0 Å². The van der Waals surface area contributed by atoms with Crippen molar-refractivity contribution >= 4 is 11.6 Å². The van der Waals surface area contributed by atoms with Crippen LogP contribution in [0.15, 0.2) is 48.5 Å². The van der Waals surface area contributed by atoms with Gasteiger partial charge in [-0.05, 0) is 42.5 Å². The van der Waals surface area contributed by atoms with E-state index in [0.29, 0.717) is 17.8 Å². The van der Waals surface area contributed by atoms with Crippen molar-refractivity contribution < 1.29 is 26.7 Å². The van der Waals surface area contributed by atoms with E-state index in [-0.39, 0.29) is 24.6 Å². The van der Waals surface area contributed by atoms with E-state index in [0.717, 1.165) is 17.8 Å². The first-order valence-corrected chi connectivity index (χ1v) is 9.32. The standard InChI is InChI=1S/C20H16F5N5O/c21-13-4-6-15(7-5-13)28-8-10-29(11-9-28)19(31)17-18(20(23,24)25)30(27-26-17)16-3-1-2-14(22)12-16/h1-7,12H,8-11H2. The van der Waals surface area contributed by atoms with Gasteiger partial charge in [-0.15, -0.1) is 5.10 Å². The van der Waals surface area contributed by atoms with Gasteiger partial charge in [-0.2, -0.15) is 13.2 Å². The summed E-state index contributed by atoms with van der Waals surface area (Å²) < 4.78 is 68.3. The van der Waals surface area contributed by atoms with Gasteiger partial charge in [-0.3, -0.25) is 4.79 Å². The molecule has 0 N–H and O–H groups in total. The topological polar surface area (TPSA) is 54.3 Å². The number of carbonyl (C=O) groups excluding carboxylic acids is 1. The highest BCUT2D eigenvalue weighted by Gasteiger charge is 2.43. The van der Waals surface area contributed by atoms with Crippen LogP contribution >= 0.6 is 0 Å². The number of aromatic nitrogens is 3. The number of rotatable bonds is 3. The van der Waals surface area contributed by atoms with Crippen LogP contribution in [-0.4, -0.2) is 52.0 Å². The van der Waals surface area contributed by atoms with Gasteiger partial charge in [0.1, 0.15) is 11.6 Å². The Morgan fingerprint density at radius 2 is 1.55 bits per heavy atom. The molecule has 1 aliphatic rings. The lowest BCUT2D eigenvalue weighted by Gasteiger charge is -2.35. The molecule has 1 amide bonds. The van der Waals surface area contributed by atoms with Gasteiger partial charge in [-0.25, -0.2) is 13.5 Å². The molecule has 6 nitrogen and oxygen atoms in total. The number of carbonyl (C=O) groups is 1. The van der Waals surface area contributed by atoms with Crippen molar-refractivity contribution in [1.82, 2.24) is 19.9 Å². The Morgan fingerprint density at radius 1 is 0.871 bits per heavy atom. The van der Waals surface area contributed by atoms with Gasteiger partial charge in [0.2, 0.25) is 0 Å². The lowest BCUT2D eigenvalue weighted by Crippen LogP contribution is -2.49. The monoisotopic (exact) mass is 437 g/mol. The summed E-state index contributed by atoms with van der Waals surface area (Å²) in [5.41, 5.74) is -1.64. The second-order valence-corrected chi connectivity index (χ2v) is 6.93. The highest BCUT2D eigenvalue weighted by molar-refractivity contribution is 5.93. The van der Waals surface area contributed by atoms with Gasteiger partial charge >= 0.3 is 6.18 Å². The number of amides is 1. The van der Waals surface area contributed by atoms with E-state index >= 15 is 0 Å². The first kappa shape index (κ1) is 20.8. The Hall–Kier alpha value is -3.50. The van der Waals surface area contributed by atoms with Gasteiger partial charge in [0.05, 0.1) is 5.69 Å². The number of piperazine rings is 1. The maximum absolute atomic E-state index is 13.8. The third-order valence-corrected chi connectivity index (χ3v) is 4.95. The lowest BCUT2D eigenvalue weighted by atomic mass is 10.2. The van der Waals surface area contributed by atoms with Crippen molar-refractivity contribution in [2.45, 2.75) is 6.18 Å². The van der Waals surface area contributed by atoms with Gasteiger partial charge in [-0.1, -0.05) is 11.3 Å². The summed E-state index contributed by atoms with van der Waals surface area (Å²) in [6, 6.07) is 10.3. The van der Waals surface area contributed by atoms with E-state index in [9.17, 15) is 26.7 Å². The Bertz CT molecular complexity index is 1090. The van der Waals surface area contributed by atoms with Crippen LogP contribution < -0.4 is 4.90 Å². The predicted molar refractivity (Wildman–Crippen MR) is 101 cm³/mol. The number of nitrogens with zero attached hydrogens (tertiary/aromatic N) is 5. The SMILES string of the molecule is O=C(c1nnn(-c2cccc(F)c2)c1C(F)(F)F)N1CCN(c2ccc(F)cc2)CC1. The molecule has 1 aliphatic heterocycles. The van der Waals surface area contributed by atoms with Crippen LogP contribution in [0.3, 0.4) is 0 Å². The Morgan fingerprint density at radius 3 is 2.16 bits per heavy atom. The van der Waals surface area contributed by atoms with E-state index in [1.165, 1.54) is 29.2 Å². The molecule has 1 aromatic heterocycles. The maximum atomic E-state index is 13.8. The number of halogens is 5. The summed E-state index contributed by atoms with van der Waals surface area (Å²) in [4.78, 5) is 16.0. The van der Waals surface area contributed by atoms with Gasteiger partial charge < -0.3 is 9.80 Å². The van der Waals surface area contributed by atoms with Crippen LogP contribution in [0.1, 0.15) is 16.2 Å². The lowest BCUT2D eigenvalue weighted by molar-refractivity contribution is -0.143. The number of hydrogen-bond donors (Lipinski definition) is 0. The molecule has 31 heavy (non-hydrogen) atoms. The van der Waals surface area contributed by atoms with Crippen molar-refractivity contribution in [3.05, 3.63) is 71.6 Å².